The van der Waals surface area contributed by atoms with Crippen LogP contribution in [0.3, 0.4) is 0 Å². The fourth-order valence-corrected chi connectivity index (χ4v) is 3.36. The quantitative estimate of drug-likeness (QED) is 0.926. The minimum atomic E-state index is -1.05. The molecule has 0 aromatic carbocycles. The number of nitrogens with zero attached hydrogens (tertiary/aromatic N) is 4. The van der Waals surface area contributed by atoms with E-state index in [-0.39, 0.29) is 24.1 Å². The van der Waals surface area contributed by atoms with Gasteiger partial charge in [-0.25, -0.2) is 9.78 Å². The molecular formula is C14H16N4O3S. The van der Waals surface area contributed by atoms with E-state index in [1.165, 1.54) is 17.1 Å². The predicted molar refractivity (Wildman–Crippen MR) is 79.7 cm³/mol. The van der Waals surface area contributed by atoms with E-state index in [1.54, 1.807) is 11.3 Å². The van der Waals surface area contributed by atoms with Gasteiger partial charge in [-0.2, -0.15) is 5.10 Å². The fourth-order valence-electron chi connectivity index (χ4n) is 2.70. The second-order valence-electron chi connectivity index (χ2n) is 5.27. The van der Waals surface area contributed by atoms with Crippen molar-refractivity contribution in [1.82, 2.24) is 19.7 Å². The minimum absolute atomic E-state index is 0.0203. The van der Waals surface area contributed by atoms with Gasteiger partial charge in [0.1, 0.15) is 6.54 Å². The fraction of sp³-hybridized carbons (Fsp3) is 0.429. The van der Waals surface area contributed by atoms with Crippen LogP contribution in [-0.2, 0) is 11.3 Å². The third kappa shape index (κ3) is 2.87. The number of hydrogen-bond acceptors (Lipinski definition) is 5. The Morgan fingerprint density at radius 1 is 1.50 bits per heavy atom. The van der Waals surface area contributed by atoms with E-state index in [4.69, 9.17) is 5.11 Å². The maximum Gasteiger partial charge on any atom is 0.338 e. The Labute approximate surface area is 131 Å². The Kier molecular flexibility index (Phi) is 3.93. The van der Waals surface area contributed by atoms with Crippen LogP contribution >= 0.6 is 11.3 Å². The first-order valence-corrected chi connectivity index (χ1v) is 7.90. The van der Waals surface area contributed by atoms with Crippen molar-refractivity contribution in [3.63, 3.8) is 0 Å². The number of hydrogen-bond donors (Lipinski definition) is 1. The number of rotatable bonds is 4. The van der Waals surface area contributed by atoms with Crippen LogP contribution in [0.5, 0.6) is 0 Å². The highest BCUT2D eigenvalue weighted by Crippen LogP contribution is 2.32. The van der Waals surface area contributed by atoms with Crippen molar-refractivity contribution >= 4 is 23.2 Å². The molecule has 0 saturated carbocycles. The molecule has 1 aliphatic rings. The minimum Gasteiger partial charge on any atom is -0.478 e. The maximum atomic E-state index is 12.5. The molecule has 1 aliphatic heterocycles. The van der Waals surface area contributed by atoms with E-state index in [0.717, 1.165) is 23.5 Å². The van der Waals surface area contributed by atoms with Gasteiger partial charge >= 0.3 is 5.97 Å². The molecule has 2 aromatic rings. The molecule has 1 amide bonds. The molecule has 2 aromatic heterocycles. The summed E-state index contributed by atoms with van der Waals surface area (Å²) in [6, 6.07) is 0.0203. The largest absolute Gasteiger partial charge is 0.478 e. The van der Waals surface area contributed by atoms with E-state index in [1.807, 2.05) is 17.2 Å². The lowest BCUT2D eigenvalue weighted by Crippen LogP contribution is -2.33. The number of carbonyl (C=O) groups excluding carboxylic acids is 1. The standard InChI is InChI=1S/C14H16N4O3S/c1-9-16-11(8-22-9)12-3-2-4-18(12)13(19)7-17-6-10(5-15-17)14(20)21/h5-6,8,12H,2-4,7H2,1H3,(H,20,21)/t12-/m1/s1. The van der Waals surface area contributed by atoms with Gasteiger partial charge in [-0.05, 0) is 19.8 Å². The first-order valence-electron chi connectivity index (χ1n) is 7.02. The number of carbonyl (C=O) groups is 2. The molecule has 0 aliphatic carbocycles. The molecule has 1 N–H and O–H groups in total. The van der Waals surface area contributed by atoms with Gasteiger partial charge in [-0.1, -0.05) is 0 Å². The van der Waals surface area contributed by atoms with Gasteiger partial charge in [-0.3, -0.25) is 9.48 Å². The smallest absolute Gasteiger partial charge is 0.338 e. The van der Waals surface area contributed by atoms with E-state index in [2.05, 4.69) is 10.1 Å². The van der Waals surface area contributed by atoms with Gasteiger partial charge in [0, 0.05) is 18.1 Å². The average Bonchev–Trinajstić information content (AvgIpc) is 3.16. The molecule has 0 bridgehead atoms. The van der Waals surface area contributed by atoms with Crippen molar-refractivity contribution in [1.29, 1.82) is 0 Å². The zero-order valence-corrected chi connectivity index (χ0v) is 12.9. The van der Waals surface area contributed by atoms with Gasteiger partial charge in [0.05, 0.1) is 28.5 Å². The Morgan fingerprint density at radius 2 is 2.32 bits per heavy atom. The molecule has 22 heavy (non-hydrogen) atoms. The molecule has 1 fully saturated rings. The number of aryl methyl sites for hydroxylation is 1. The van der Waals surface area contributed by atoms with Crippen LogP contribution in [0.1, 0.15) is 39.9 Å². The first kappa shape index (κ1) is 14.7. The van der Waals surface area contributed by atoms with E-state index in [0.29, 0.717) is 6.54 Å². The summed E-state index contributed by atoms with van der Waals surface area (Å²) in [5, 5.41) is 15.8. The summed E-state index contributed by atoms with van der Waals surface area (Å²) in [4.78, 5) is 29.6. The van der Waals surface area contributed by atoms with Crippen LogP contribution in [0.2, 0.25) is 0 Å². The Bertz CT molecular complexity index is 709. The van der Waals surface area contributed by atoms with Crippen molar-refractivity contribution in [2.75, 3.05) is 6.54 Å². The number of likely N-dealkylation sites (tertiary alicyclic amines) is 1. The van der Waals surface area contributed by atoms with Crippen molar-refractivity contribution in [3.8, 4) is 0 Å². The van der Waals surface area contributed by atoms with Crippen molar-refractivity contribution in [3.05, 3.63) is 34.0 Å². The maximum absolute atomic E-state index is 12.5. The zero-order chi connectivity index (χ0) is 15.7. The van der Waals surface area contributed by atoms with E-state index in [9.17, 15) is 9.59 Å². The van der Waals surface area contributed by atoms with Crippen LogP contribution in [0.15, 0.2) is 17.8 Å². The second-order valence-corrected chi connectivity index (χ2v) is 6.33. The average molecular weight is 320 g/mol. The highest BCUT2D eigenvalue weighted by molar-refractivity contribution is 7.09. The molecule has 0 unspecified atom stereocenters. The van der Waals surface area contributed by atoms with Crippen molar-refractivity contribution in [2.24, 2.45) is 0 Å². The molecule has 0 spiro atoms. The summed E-state index contributed by atoms with van der Waals surface area (Å²) < 4.78 is 1.37. The van der Waals surface area contributed by atoms with Gasteiger partial charge in [-0.15, -0.1) is 11.3 Å². The predicted octanol–water partition coefficient (Wildman–Crippen LogP) is 1.71. The van der Waals surface area contributed by atoms with E-state index < -0.39 is 5.97 Å². The van der Waals surface area contributed by atoms with Crippen LogP contribution in [-0.4, -0.2) is 43.2 Å². The molecule has 1 saturated heterocycles. The molecule has 1 atom stereocenters. The van der Waals surface area contributed by atoms with Crippen molar-refractivity contribution < 1.29 is 14.7 Å². The molecule has 7 nitrogen and oxygen atoms in total. The van der Waals surface area contributed by atoms with Crippen LogP contribution in [0.25, 0.3) is 0 Å². The summed E-state index contributed by atoms with van der Waals surface area (Å²) in [6.45, 7) is 2.70. The Balaban J connectivity index is 1.71. The van der Waals surface area contributed by atoms with Crippen molar-refractivity contribution in [2.45, 2.75) is 32.4 Å². The van der Waals surface area contributed by atoms with Crippen LogP contribution in [0.4, 0.5) is 0 Å². The Morgan fingerprint density at radius 3 is 2.95 bits per heavy atom. The summed E-state index contributed by atoms with van der Waals surface area (Å²) in [5.41, 5.74) is 1.03. The summed E-state index contributed by atoms with van der Waals surface area (Å²) in [5.74, 6) is -1.11. The molecule has 3 rings (SSSR count). The van der Waals surface area contributed by atoms with Gasteiger partial charge in [0.2, 0.25) is 5.91 Å². The molecular weight excluding hydrogens is 304 g/mol. The lowest BCUT2D eigenvalue weighted by Gasteiger charge is -2.23. The normalized spacial score (nSPS) is 17.9. The summed E-state index contributed by atoms with van der Waals surface area (Å²) >= 11 is 1.58. The van der Waals surface area contributed by atoms with Gasteiger partial charge < -0.3 is 10.0 Å². The summed E-state index contributed by atoms with van der Waals surface area (Å²) in [7, 11) is 0. The highest BCUT2D eigenvalue weighted by atomic mass is 32.1. The lowest BCUT2D eigenvalue weighted by atomic mass is 10.1. The van der Waals surface area contributed by atoms with Gasteiger partial charge in [0.25, 0.3) is 0 Å². The third-order valence-corrected chi connectivity index (χ3v) is 4.52. The topological polar surface area (TPSA) is 88.3 Å². The number of carboxylic acids is 1. The first-order chi connectivity index (χ1) is 10.5. The number of aromatic nitrogens is 3. The second kappa shape index (κ2) is 5.88. The molecule has 0 radical (unpaired) electrons. The zero-order valence-electron chi connectivity index (χ0n) is 12.1. The number of aromatic carboxylic acids is 1. The third-order valence-electron chi connectivity index (χ3n) is 3.73. The monoisotopic (exact) mass is 320 g/mol. The van der Waals surface area contributed by atoms with E-state index >= 15 is 0 Å². The lowest BCUT2D eigenvalue weighted by molar-refractivity contribution is -0.133. The van der Waals surface area contributed by atoms with Gasteiger partial charge in [0.15, 0.2) is 0 Å². The molecule has 3 heterocycles. The number of thiazole rings is 1. The highest BCUT2D eigenvalue weighted by Gasteiger charge is 2.31. The number of amides is 1. The van der Waals surface area contributed by atoms with Crippen LogP contribution < -0.4 is 0 Å². The molecule has 116 valence electrons. The Hall–Kier alpha value is -2.22. The molecule has 8 heteroatoms. The van der Waals surface area contributed by atoms with Crippen LogP contribution in [0, 0.1) is 6.92 Å². The summed E-state index contributed by atoms with van der Waals surface area (Å²) in [6.07, 6.45) is 4.49. The SMILES string of the molecule is Cc1nc([C@H]2CCCN2C(=O)Cn2cc(C(=O)O)cn2)cs1. The number of carboxylic acid groups (broad SMARTS) is 1.